The number of nitrogens with one attached hydrogen (secondary N) is 1. The molecule has 1 fully saturated rings. The number of nitrogens with zero attached hydrogens (tertiary/aromatic N) is 1. The van der Waals surface area contributed by atoms with Crippen molar-refractivity contribution < 1.29 is 0 Å². The predicted molar refractivity (Wildman–Crippen MR) is 82.9 cm³/mol. The van der Waals surface area contributed by atoms with Crippen LogP contribution in [0.5, 0.6) is 0 Å². The summed E-state index contributed by atoms with van der Waals surface area (Å²) in [4.78, 5) is 2.41. The van der Waals surface area contributed by atoms with Crippen LogP contribution in [0.2, 0.25) is 0 Å². The van der Waals surface area contributed by atoms with Gasteiger partial charge in [-0.05, 0) is 48.6 Å². The fraction of sp³-hybridized carbons (Fsp3) is 0.647. The van der Waals surface area contributed by atoms with Crippen LogP contribution in [-0.2, 0) is 5.41 Å². The lowest BCUT2D eigenvalue weighted by Crippen LogP contribution is -2.44. The summed E-state index contributed by atoms with van der Waals surface area (Å²) in [6.07, 6.45) is 0. The van der Waals surface area contributed by atoms with Crippen molar-refractivity contribution in [1.29, 1.82) is 0 Å². The van der Waals surface area contributed by atoms with Crippen LogP contribution in [0.1, 0.15) is 49.1 Å². The van der Waals surface area contributed by atoms with E-state index >= 15 is 0 Å². The topological polar surface area (TPSA) is 15.3 Å². The lowest BCUT2D eigenvalue weighted by molar-refractivity contribution is 0.240. The number of benzene rings is 1. The zero-order chi connectivity index (χ0) is 14.2. The summed E-state index contributed by atoms with van der Waals surface area (Å²) in [5.74, 6) is 0. The molecule has 1 unspecified atom stereocenters. The Labute approximate surface area is 118 Å². The third-order valence-corrected chi connectivity index (χ3v) is 4.19. The Bertz CT molecular complexity index is 434. The second kappa shape index (κ2) is 5.26. The standard InChI is InChI=1S/C17H28N2/c1-12-9-14(17(3,4)5)10-13(2)16(12)15-11-19(6)8-7-18-15/h9-10,15,18H,7-8,11H2,1-6H3. The van der Waals surface area contributed by atoms with Gasteiger partial charge in [-0.3, -0.25) is 0 Å². The molecule has 1 aromatic rings. The van der Waals surface area contributed by atoms with E-state index in [4.69, 9.17) is 0 Å². The lowest BCUT2D eigenvalue weighted by atomic mass is 9.82. The van der Waals surface area contributed by atoms with Gasteiger partial charge in [-0.15, -0.1) is 0 Å². The van der Waals surface area contributed by atoms with E-state index in [-0.39, 0.29) is 5.41 Å². The first-order valence-electron chi connectivity index (χ1n) is 7.32. The van der Waals surface area contributed by atoms with Crippen LogP contribution < -0.4 is 5.32 Å². The summed E-state index contributed by atoms with van der Waals surface area (Å²) < 4.78 is 0. The molecular weight excluding hydrogens is 232 g/mol. The van der Waals surface area contributed by atoms with Gasteiger partial charge in [0, 0.05) is 25.7 Å². The highest BCUT2D eigenvalue weighted by Gasteiger charge is 2.23. The Kier molecular flexibility index (Phi) is 4.03. The van der Waals surface area contributed by atoms with E-state index in [9.17, 15) is 0 Å². The second-order valence-electron chi connectivity index (χ2n) is 7.04. The van der Waals surface area contributed by atoms with Gasteiger partial charge in [0.05, 0.1) is 0 Å². The molecule has 0 aliphatic carbocycles. The molecule has 19 heavy (non-hydrogen) atoms. The van der Waals surface area contributed by atoms with Gasteiger partial charge in [-0.2, -0.15) is 0 Å². The van der Waals surface area contributed by atoms with E-state index in [0.717, 1.165) is 19.6 Å². The minimum Gasteiger partial charge on any atom is -0.308 e. The van der Waals surface area contributed by atoms with Crippen LogP contribution in [0, 0.1) is 13.8 Å². The number of rotatable bonds is 1. The third kappa shape index (κ3) is 3.18. The van der Waals surface area contributed by atoms with Gasteiger partial charge < -0.3 is 10.2 Å². The molecule has 0 amide bonds. The van der Waals surface area contributed by atoms with Crippen molar-refractivity contribution in [2.75, 3.05) is 26.7 Å². The van der Waals surface area contributed by atoms with Gasteiger partial charge in [0.2, 0.25) is 0 Å². The molecule has 1 aromatic carbocycles. The van der Waals surface area contributed by atoms with Crippen LogP contribution in [0.4, 0.5) is 0 Å². The van der Waals surface area contributed by atoms with Gasteiger partial charge in [-0.25, -0.2) is 0 Å². The quantitative estimate of drug-likeness (QED) is 0.834. The van der Waals surface area contributed by atoms with Crippen LogP contribution >= 0.6 is 0 Å². The van der Waals surface area contributed by atoms with Crippen molar-refractivity contribution in [2.24, 2.45) is 0 Å². The third-order valence-electron chi connectivity index (χ3n) is 4.19. The number of hydrogen-bond acceptors (Lipinski definition) is 2. The maximum absolute atomic E-state index is 3.66. The highest BCUT2D eigenvalue weighted by Crippen LogP contribution is 2.30. The molecule has 2 rings (SSSR count). The molecule has 0 spiro atoms. The van der Waals surface area contributed by atoms with Crippen LogP contribution in [0.3, 0.4) is 0 Å². The first kappa shape index (κ1) is 14.5. The summed E-state index contributed by atoms with van der Waals surface area (Å²) in [6.45, 7) is 14.7. The SMILES string of the molecule is Cc1cc(C(C)(C)C)cc(C)c1C1CN(C)CCN1. The van der Waals surface area contributed by atoms with Gasteiger partial charge in [0.25, 0.3) is 0 Å². The molecule has 0 bridgehead atoms. The first-order chi connectivity index (χ1) is 8.79. The molecule has 1 aliphatic rings. The van der Waals surface area contributed by atoms with Crippen LogP contribution in [0.15, 0.2) is 12.1 Å². The molecule has 2 nitrogen and oxygen atoms in total. The van der Waals surface area contributed by atoms with Gasteiger partial charge in [0.15, 0.2) is 0 Å². The van der Waals surface area contributed by atoms with Crippen molar-refractivity contribution >= 4 is 0 Å². The molecule has 0 saturated carbocycles. The summed E-state index contributed by atoms with van der Waals surface area (Å²) >= 11 is 0. The highest BCUT2D eigenvalue weighted by atomic mass is 15.2. The van der Waals surface area contributed by atoms with Crippen molar-refractivity contribution in [3.05, 3.63) is 34.4 Å². The fourth-order valence-corrected chi connectivity index (χ4v) is 3.05. The van der Waals surface area contributed by atoms with E-state index < -0.39 is 0 Å². The first-order valence-corrected chi connectivity index (χ1v) is 7.32. The second-order valence-corrected chi connectivity index (χ2v) is 7.04. The Balaban J connectivity index is 2.36. The van der Waals surface area contributed by atoms with Crippen LogP contribution in [0.25, 0.3) is 0 Å². The fourth-order valence-electron chi connectivity index (χ4n) is 3.05. The average Bonchev–Trinajstić information content (AvgIpc) is 2.26. The normalized spacial score (nSPS) is 21.7. The molecule has 1 N–H and O–H groups in total. The smallest absolute Gasteiger partial charge is 0.0454 e. The Morgan fingerprint density at radius 1 is 1.16 bits per heavy atom. The summed E-state index contributed by atoms with van der Waals surface area (Å²) in [6, 6.07) is 5.23. The Morgan fingerprint density at radius 3 is 2.21 bits per heavy atom. The van der Waals surface area contributed by atoms with Gasteiger partial charge in [0.1, 0.15) is 0 Å². The Hall–Kier alpha value is -0.860. The molecule has 1 atom stereocenters. The van der Waals surface area contributed by atoms with Crippen molar-refractivity contribution in [1.82, 2.24) is 10.2 Å². The van der Waals surface area contributed by atoms with Crippen molar-refractivity contribution in [3.8, 4) is 0 Å². The summed E-state index contributed by atoms with van der Waals surface area (Å²) in [5.41, 5.74) is 6.02. The highest BCUT2D eigenvalue weighted by molar-refractivity contribution is 5.42. The zero-order valence-corrected chi connectivity index (χ0v) is 13.3. The average molecular weight is 260 g/mol. The summed E-state index contributed by atoms with van der Waals surface area (Å²) in [7, 11) is 2.21. The molecule has 2 heteroatoms. The summed E-state index contributed by atoms with van der Waals surface area (Å²) in [5, 5.41) is 3.66. The maximum atomic E-state index is 3.66. The van der Waals surface area contributed by atoms with Gasteiger partial charge >= 0.3 is 0 Å². The van der Waals surface area contributed by atoms with Crippen molar-refractivity contribution in [2.45, 2.75) is 46.1 Å². The van der Waals surface area contributed by atoms with E-state index in [1.54, 1.807) is 0 Å². The van der Waals surface area contributed by atoms with E-state index in [0.29, 0.717) is 6.04 Å². The minimum atomic E-state index is 0.227. The maximum Gasteiger partial charge on any atom is 0.0454 e. The molecule has 0 aromatic heterocycles. The van der Waals surface area contributed by atoms with E-state index in [1.807, 2.05) is 0 Å². The monoisotopic (exact) mass is 260 g/mol. The molecular formula is C17H28N2. The zero-order valence-electron chi connectivity index (χ0n) is 13.3. The number of hydrogen-bond donors (Lipinski definition) is 1. The number of piperazine rings is 1. The van der Waals surface area contributed by atoms with E-state index in [1.165, 1.54) is 22.3 Å². The molecule has 1 heterocycles. The molecule has 1 saturated heterocycles. The van der Waals surface area contributed by atoms with E-state index in [2.05, 4.69) is 64.0 Å². The molecule has 0 radical (unpaired) electrons. The van der Waals surface area contributed by atoms with Gasteiger partial charge in [-0.1, -0.05) is 32.9 Å². The Morgan fingerprint density at radius 2 is 1.74 bits per heavy atom. The molecule has 106 valence electrons. The number of aryl methyl sites for hydroxylation is 2. The number of likely N-dealkylation sites (N-methyl/N-ethyl adjacent to an activating group) is 1. The van der Waals surface area contributed by atoms with Crippen LogP contribution in [-0.4, -0.2) is 31.6 Å². The lowest BCUT2D eigenvalue weighted by Gasteiger charge is -2.33. The molecule has 1 aliphatic heterocycles. The predicted octanol–water partition coefficient (Wildman–Crippen LogP) is 3.18. The minimum absolute atomic E-state index is 0.227. The van der Waals surface area contributed by atoms with Crippen molar-refractivity contribution in [3.63, 3.8) is 0 Å². The largest absolute Gasteiger partial charge is 0.308 e.